The van der Waals surface area contributed by atoms with E-state index in [1.807, 2.05) is 0 Å². The Kier molecular flexibility index (Phi) is 3.39. The van der Waals surface area contributed by atoms with Crippen LogP contribution in [0, 0.1) is 0 Å². The molecule has 0 aliphatic carbocycles. The van der Waals surface area contributed by atoms with Crippen LogP contribution in [-0.4, -0.2) is 13.0 Å². The third kappa shape index (κ3) is 4.03. The Bertz CT molecular complexity index is 503. The third-order valence-corrected chi connectivity index (χ3v) is 2.13. The minimum absolute atomic E-state index is 0.0347. The molecule has 88 valence electrons. The molecule has 1 N–H and O–H groups in total. The van der Waals surface area contributed by atoms with Crippen LogP contribution in [0.25, 0.3) is 6.08 Å². The normalized spacial score (nSPS) is 13.2. The Morgan fingerprint density at radius 1 is 1.25 bits per heavy atom. The van der Waals surface area contributed by atoms with Crippen molar-refractivity contribution in [3.63, 3.8) is 0 Å². The number of hydrogen-bond donors (Lipinski definition) is 1. The molecule has 0 saturated heterocycles. The van der Waals surface area contributed by atoms with E-state index in [9.17, 15) is 21.6 Å². The lowest BCUT2D eigenvalue weighted by Gasteiger charge is -2.06. The summed E-state index contributed by atoms with van der Waals surface area (Å²) in [5.74, 6) is 0. The van der Waals surface area contributed by atoms with Gasteiger partial charge in [0.25, 0.3) is 10.1 Å². The van der Waals surface area contributed by atoms with Gasteiger partial charge in [0, 0.05) is 0 Å². The summed E-state index contributed by atoms with van der Waals surface area (Å²) >= 11 is 0. The van der Waals surface area contributed by atoms with Crippen LogP contribution in [0.4, 0.5) is 13.2 Å². The van der Waals surface area contributed by atoms with Crippen LogP contribution in [0.1, 0.15) is 11.1 Å². The highest BCUT2D eigenvalue weighted by Crippen LogP contribution is 2.29. The van der Waals surface area contributed by atoms with Crippen molar-refractivity contribution in [1.29, 1.82) is 0 Å². The Balaban J connectivity index is 3.05. The molecule has 0 atom stereocenters. The highest BCUT2D eigenvalue weighted by molar-refractivity contribution is 7.88. The standard InChI is InChI=1S/C9H7F3O3S/c10-9(11,12)8-3-1-2-7(6-8)4-5-16(13,14)15/h1-6H,(H,13,14,15). The molecule has 1 aromatic rings. The molecule has 0 radical (unpaired) electrons. The predicted molar refractivity (Wildman–Crippen MR) is 52.0 cm³/mol. The lowest BCUT2D eigenvalue weighted by atomic mass is 10.1. The minimum atomic E-state index is -4.48. The van der Waals surface area contributed by atoms with Gasteiger partial charge in [0.05, 0.1) is 11.0 Å². The van der Waals surface area contributed by atoms with E-state index in [2.05, 4.69) is 0 Å². The molecular formula is C9H7F3O3S. The van der Waals surface area contributed by atoms with Gasteiger partial charge in [-0.25, -0.2) is 0 Å². The fourth-order valence-electron chi connectivity index (χ4n) is 0.983. The molecular weight excluding hydrogens is 245 g/mol. The number of hydrogen-bond acceptors (Lipinski definition) is 2. The Labute approximate surface area is 90.0 Å². The maximum absolute atomic E-state index is 12.3. The van der Waals surface area contributed by atoms with Gasteiger partial charge < -0.3 is 0 Å². The van der Waals surface area contributed by atoms with Gasteiger partial charge in [-0.3, -0.25) is 4.55 Å². The molecule has 0 fully saturated rings. The van der Waals surface area contributed by atoms with Crippen LogP contribution >= 0.6 is 0 Å². The van der Waals surface area contributed by atoms with E-state index in [0.717, 1.165) is 24.3 Å². The van der Waals surface area contributed by atoms with Crippen LogP contribution in [0.5, 0.6) is 0 Å². The fraction of sp³-hybridized carbons (Fsp3) is 0.111. The van der Waals surface area contributed by atoms with E-state index in [-0.39, 0.29) is 5.56 Å². The summed E-state index contributed by atoms with van der Waals surface area (Å²) in [7, 11) is -4.33. The molecule has 3 nitrogen and oxygen atoms in total. The molecule has 1 rings (SSSR count). The van der Waals surface area contributed by atoms with Crippen LogP contribution in [0.3, 0.4) is 0 Å². The molecule has 1 aromatic carbocycles. The maximum atomic E-state index is 12.3. The summed E-state index contributed by atoms with van der Waals surface area (Å²) in [4.78, 5) is 0. The van der Waals surface area contributed by atoms with Gasteiger partial charge in [0.15, 0.2) is 0 Å². The van der Waals surface area contributed by atoms with E-state index in [0.29, 0.717) is 5.41 Å². The van der Waals surface area contributed by atoms with Crippen LogP contribution in [0.15, 0.2) is 29.7 Å². The van der Waals surface area contributed by atoms with Crippen molar-refractivity contribution in [1.82, 2.24) is 0 Å². The molecule has 0 aromatic heterocycles. The first-order valence-electron chi connectivity index (χ1n) is 4.01. The van der Waals surface area contributed by atoms with Crippen molar-refractivity contribution in [3.05, 3.63) is 40.8 Å². The average Bonchev–Trinajstić information content (AvgIpc) is 2.13. The summed E-state index contributed by atoms with van der Waals surface area (Å²) in [5, 5.41) is 0.419. The first-order chi connectivity index (χ1) is 7.18. The topological polar surface area (TPSA) is 54.4 Å². The van der Waals surface area contributed by atoms with Gasteiger partial charge in [-0.15, -0.1) is 0 Å². The lowest BCUT2D eigenvalue weighted by molar-refractivity contribution is -0.137. The molecule has 0 spiro atoms. The van der Waals surface area contributed by atoms with E-state index in [1.165, 1.54) is 6.07 Å². The minimum Gasteiger partial charge on any atom is -0.282 e. The van der Waals surface area contributed by atoms with E-state index >= 15 is 0 Å². The Morgan fingerprint density at radius 2 is 1.88 bits per heavy atom. The molecule has 0 heterocycles. The van der Waals surface area contributed by atoms with Gasteiger partial charge in [-0.2, -0.15) is 21.6 Å². The van der Waals surface area contributed by atoms with Gasteiger partial charge in [-0.05, 0) is 23.8 Å². The van der Waals surface area contributed by atoms with Crippen LogP contribution in [-0.2, 0) is 16.3 Å². The van der Waals surface area contributed by atoms with Crippen LogP contribution < -0.4 is 0 Å². The smallest absolute Gasteiger partial charge is 0.282 e. The zero-order valence-electron chi connectivity index (χ0n) is 7.77. The Morgan fingerprint density at radius 3 is 2.38 bits per heavy atom. The third-order valence-electron chi connectivity index (χ3n) is 1.65. The number of rotatable bonds is 2. The fourth-order valence-corrected chi connectivity index (χ4v) is 1.31. The largest absolute Gasteiger partial charge is 0.416 e. The quantitative estimate of drug-likeness (QED) is 0.823. The SMILES string of the molecule is O=S(=O)(O)C=Cc1cccc(C(F)(F)F)c1. The monoisotopic (exact) mass is 252 g/mol. The summed E-state index contributed by atoms with van der Waals surface area (Å²) in [6, 6.07) is 4.08. The number of halogens is 3. The first kappa shape index (κ1) is 12.7. The van der Waals surface area contributed by atoms with E-state index in [4.69, 9.17) is 4.55 Å². The number of alkyl halides is 3. The summed E-state index contributed by atoms with van der Waals surface area (Å²) in [6.45, 7) is 0. The molecule has 0 aliphatic rings. The first-order valence-corrected chi connectivity index (χ1v) is 5.52. The average molecular weight is 252 g/mol. The molecule has 0 unspecified atom stereocenters. The van der Waals surface area contributed by atoms with Crippen molar-refractivity contribution in [3.8, 4) is 0 Å². The van der Waals surface area contributed by atoms with Gasteiger partial charge in [0.2, 0.25) is 0 Å². The predicted octanol–water partition coefficient (Wildman–Crippen LogP) is 2.56. The Hall–Kier alpha value is -1.34. The summed E-state index contributed by atoms with van der Waals surface area (Å²) in [6.07, 6.45) is -3.60. The molecule has 0 aliphatic heterocycles. The lowest BCUT2D eigenvalue weighted by Crippen LogP contribution is -2.04. The van der Waals surface area contributed by atoms with E-state index < -0.39 is 21.9 Å². The molecule has 0 amide bonds. The number of benzene rings is 1. The second kappa shape index (κ2) is 4.26. The second-order valence-corrected chi connectivity index (χ2v) is 4.24. The zero-order valence-corrected chi connectivity index (χ0v) is 8.59. The van der Waals surface area contributed by atoms with Gasteiger partial charge in [-0.1, -0.05) is 12.1 Å². The second-order valence-electron chi connectivity index (χ2n) is 2.94. The van der Waals surface area contributed by atoms with Crippen molar-refractivity contribution in [2.45, 2.75) is 6.18 Å². The molecule has 0 saturated carbocycles. The highest BCUT2D eigenvalue weighted by atomic mass is 32.2. The van der Waals surface area contributed by atoms with Gasteiger partial charge >= 0.3 is 6.18 Å². The van der Waals surface area contributed by atoms with Crippen molar-refractivity contribution < 1.29 is 26.1 Å². The van der Waals surface area contributed by atoms with Crippen molar-refractivity contribution >= 4 is 16.2 Å². The van der Waals surface area contributed by atoms with Crippen molar-refractivity contribution in [2.75, 3.05) is 0 Å². The zero-order chi connectivity index (χ0) is 12.4. The highest BCUT2D eigenvalue weighted by Gasteiger charge is 2.30. The van der Waals surface area contributed by atoms with Gasteiger partial charge in [0.1, 0.15) is 0 Å². The molecule has 0 bridgehead atoms. The maximum Gasteiger partial charge on any atom is 0.416 e. The molecule has 7 heteroatoms. The van der Waals surface area contributed by atoms with Crippen LogP contribution in [0.2, 0.25) is 0 Å². The summed E-state index contributed by atoms with van der Waals surface area (Å²) in [5.41, 5.74) is -0.850. The van der Waals surface area contributed by atoms with Crippen molar-refractivity contribution in [2.24, 2.45) is 0 Å². The summed E-state index contributed by atoms with van der Waals surface area (Å²) < 4.78 is 65.8. The molecule has 16 heavy (non-hydrogen) atoms. The van der Waals surface area contributed by atoms with E-state index in [1.54, 1.807) is 0 Å².